The predicted molar refractivity (Wildman–Crippen MR) is 74.5 cm³/mol. The quantitative estimate of drug-likeness (QED) is 0.525. The van der Waals surface area contributed by atoms with Gasteiger partial charge in [0.15, 0.2) is 0 Å². The fourth-order valence-corrected chi connectivity index (χ4v) is 2.54. The molecule has 0 aromatic carbocycles. The monoisotopic (exact) mass is 266 g/mol. The molecule has 1 aliphatic rings. The van der Waals surface area contributed by atoms with Crippen molar-refractivity contribution in [1.29, 1.82) is 5.26 Å². The summed E-state index contributed by atoms with van der Waals surface area (Å²) in [6.45, 7) is 8.19. The number of nitriles is 1. The van der Waals surface area contributed by atoms with Crippen LogP contribution in [0.25, 0.3) is 0 Å². The average Bonchev–Trinajstić information content (AvgIpc) is 2.83. The van der Waals surface area contributed by atoms with Gasteiger partial charge in [0.2, 0.25) is 0 Å². The van der Waals surface area contributed by atoms with E-state index in [2.05, 4.69) is 11.0 Å². The number of likely N-dealkylation sites (tertiary alicyclic amines) is 1. The first-order valence-electron chi connectivity index (χ1n) is 7.32. The van der Waals surface area contributed by atoms with Crippen LogP contribution in [0.3, 0.4) is 0 Å². The maximum Gasteiger partial charge on any atom is 0.323 e. The van der Waals surface area contributed by atoms with Crippen LogP contribution in [-0.2, 0) is 9.53 Å². The van der Waals surface area contributed by atoms with Gasteiger partial charge in [0.1, 0.15) is 6.04 Å². The van der Waals surface area contributed by atoms with Crippen molar-refractivity contribution in [2.24, 2.45) is 5.41 Å². The number of ether oxygens (including phenoxy) is 1. The molecule has 108 valence electrons. The molecule has 0 aliphatic carbocycles. The van der Waals surface area contributed by atoms with Crippen molar-refractivity contribution in [3.8, 4) is 6.07 Å². The highest BCUT2D eigenvalue weighted by Gasteiger charge is 2.31. The van der Waals surface area contributed by atoms with E-state index in [-0.39, 0.29) is 17.4 Å². The lowest BCUT2D eigenvalue weighted by Crippen LogP contribution is -2.37. The lowest BCUT2D eigenvalue weighted by atomic mass is 9.89. The first-order valence-corrected chi connectivity index (χ1v) is 7.32. The molecule has 0 bridgehead atoms. The third kappa shape index (κ3) is 5.20. The molecule has 1 heterocycles. The second kappa shape index (κ2) is 7.49. The minimum Gasteiger partial charge on any atom is -0.465 e. The summed E-state index contributed by atoms with van der Waals surface area (Å²) in [6, 6.07) is 2.29. The normalized spacial score (nSPS) is 20.2. The minimum absolute atomic E-state index is 0.0380. The van der Waals surface area contributed by atoms with Crippen LogP contribution in [0.15, 0.2) is 0 Å². The summed E-state index contributed by atoms with van der Waals surface area (Å²) in [6.07, 6.45) is 4.99. The Morgan fingerprint density at radius 2 is 2.21 bits per heavy atom. The van der Waals surface area contributed by atoms with Gasteiger partial charge < -0.3 is 4.74 Å². The largest absolute Gasteiger partial charge is 0.465 e. The van der Waals surface area contributed by atoms with E-state index in [0.29, 0.717) is 6.61 Å². The molecule has 0 aromatic rings. The molecule has 1 saturated heterocycles. The fourth-order valence-electron chi connectivity index (χ4n) is 2.54. The molecule has 4 heteroatoms. The molecule has 0 radical (unpaired) electrons. The molecule has 4 nitrogen and oxygen atoms in total. The zero-order valence-corrected chi connectivity index (χ0v) is 12.4. The number of carbonyl (C=O) groups is 1. The van der Waals surface area contributed by atoms with E-state index in [1.54, 1.807) is 0 Å². The number of esters is 1. The molecule has 0 aromatic heterocycles. The zero-order valence-electron chi connectivity index (χ0n) is 12.4. The minimum atomic E-state index is -0.231. The number of unbranched alkanes of at least 4 members (excludes halogenated alkanes) is 1. The van der Waals surface area contributed by atoms with E-state index < -0.39 is 0 Å². The van der Waals surface area contributed by atoms with E-state index in [1.807, 2.05) is 20.8 Å². The molecule has 1 aliphatic heterocycles. The molecule has 1 rings (SSSR count). The molecule has 0 spiro atoms. The van der Waals surface area contributed by atoms with Gasteiger partial charge in [0.25, 0.3) is 0 Å². The second-order valence-corrected chi connectivity index (χ2v) is 5.90. The van der Waals surface area contributed by atoms with Gasteiger partial charge in [-0.2, -0.15) is 5.26 Å². The molecule has 0 saturated carbocycles. The number of nitrogens with zero attached hydrogens (tertiary/aromatic N) is 2. The fraction of sp³-hybridized carbons (Fsp3) is 0.867. The van der Waals surface area contributed by atoms with Crippen molar-refractivity contribution < 1.29 is 9.53 Å². The second-order valence-electron chi connectivity index (χ2n) is 5.90. The zero-order chi connectivity index (χ0) is 14.3. The Balaban J connectivity index is 2.29. The third-order valence-corrected chi connectivity index (χ3v) is 3.72. The van der Waals surface area contributed by atoms with Crippen LogP contribution < -0.4 is 0 Å². The first kappa shape index (κ1) is 16.0. The lowest BCUT2D eigenvalue weighted by Gasteiger charge is -2.23. The van der Waals surface area contributed by atoms with E-state index in [1.165, 1.54) is 0 Å². The molecule has 19 heavy (non-hydrogen) atoms. The van der Waals surface area contributed by atoms with E-state index >= 15 is 0 Å². The molecular formula is C15H26N2O2. The average molecular weight is 266 g/mol. The highest BCUT2D eigenvalue weighted by molar-refractivity contribution is 5.76. The van der Waals surface area contributed by atoms with Gasteiger partial charge in [0, 0.05) is 0 Å². The topological polar surface area (TPSA) is 53.3 Å². The van der Waals surface area contributed by atoms with Crippen LogP contribution in [0, 0.1) is 16.7 Å². The van der Waals surface area contributed by atoms with Crippen molar-refractivity contribution >= 4 is 5.97 Å². The number of rotatable bonds is 7. The van der Waals surface area contributed by atoms with Crippen molar-refractivity contribution in [3.05, 3.63) is 0 Å². The van der Waals surface area contributed by atoms with Gasteiger partial charge in [0.05, 0.1) is 18.1 Å². The lowest BCUT2D eigenvalue weighted by molar-refractivity contribution is -0.148. The van der Waals surface area contributed by atoms with Gasteiger partial charge >= 0.3 is 5.97 Å². The Morgan fingerprint density at radius 1 is 1.47 bits per heavy atom. The van der Waals surface area contributed by atoms with E-state index in [4.69, 9.17) is 10.00 Å². The number of carbonyl (C=O) groups excluding carboxylic acids is 1. The molecule has 0 amide bonds. The smallest absolute Gasteiger partial charge is 0.323 e. The van der Waals surface area contributed by atoms with Crippen LogP contribution in [-0.4, -0.2) is 36.6 Å². The van der Waals surface area contributed by atoms with Gasteiger partial charge in [-0.1, -0.05) is 6.42 Å². The standard InChI is InChI=1S/C15H26N2O2/c1-4-19-14(18)13-8-7-11-17(13)10-6-5-9-15(2,3)12-16/h13H,4-11H2,1-3H3. The van der Waals surface area contributed by atoms with Gasteiger partial charge in [-0.15, -0.1) is 0 Å². The van der Waals surface area contributed by atoms with Gasteiger partial charge in [-0.05, 0) is 59.5 Å². The van der Waals surface area contributed by atoms with Crippen LogP contribution >= 0.6 is 0 Å². The Bertz CT molecular complexity index is 334. The number of hydrogen-bond acceptors (Lipinski definition) is 4. The summed E-state index contributed by atoms with van der Waals surface area (Å²) >= 11 is 0. The van der Waals surface area contributed by atoms with Crippen molar-refractivity contribution in [1.82, 2.24) is 4.90 Å². The summed E-state index contributed by atoms with van der Waals surface area (Å²) in [5.41, 5.74) is -0.231. The third-order valence-electron chi connectivity index (χ3n) is 3.72. The predicted octanol–water partition coefficient (Wildman–Crippen LogP) is 2.73. The van der Waals surface area contributed by atoms with Crippen LogP contribution in [0.2, 0.25) is 0 Å². The first-order chi connectivity index (χ1) is 9.00. The van der Waals surface area contributed by atoms with Crippen molar-refractivity contribution in [2.45, 2.75) is 58.9 Å². The Hall–Kier alpha value is -1.08. The molecule has 1 atom stereocenters. The molecule has 0 N–H and O–H groups in total. The van der Waals surface area contributed by atoms with Crippen LogP contribution in [0.1, 0.15) is 52.9 Å². The summed E-state index contributed by atoms with van der Waals surface area (Å²) < 4.78 is 5.11. The summed E-state index contributed by atoms with van der Waals surface area (Å²) in [5.74, 6) is -0.0719. The Kier molecular flexibility index (Phi) is 6.30. The Morgan fingerprint density at radius 3 is 2.84 bits per heavy atom. The van der Waals surface area contributed by atoms with Crippen molar-refractivity contribution in [3.63, 3.8) is 0 Å². The summed E-state index contributed by atoms with van der Waals surface area (Å²) in [4.78, 5) is 14.0. The Labute approximate surface area is 116 Å². The van der Waals surface area contributed by atoms with Crippen LogP contribution in [0.4, 0.5) is 0 Å². The van der Waals surface area contributed by atoms with Gasteiger partial charge in [-0.3, -0.25) is 9.69 Å². The maximum absolute atomic E-state index is 11.8. The van der Waals surface area contributed by atoms with E-state index in [9.17, 15) is 4.79 Å². The summed E-state index contributed by atoms with van der Waals surface area (Å²) in [5, 5.41) is 8.96. The van der Waals surface area contributed by atoms with Gasteiger partial charge in [-0.25, -0.2) is 0 Å². The number of hydrogen-bond donors (Lipinski definition) is 0. The highest BCUT2D eigenvalue weighted by Crippen LogP contribution is 2.23. The molecule has 1 unspecified atom stereocenters. The SMILES string of the molecule is CCOC(=O)C1CCCN1CCCCC(C)(C)C#N. The van der Waals surface area contributed by atoms with Crippen LogP contribution in [0.5, 0.6) is 0 Å². The highest BCUT2D eigenvalue weighted by atomic mass is 16.5. The summed E-state index contributed by atoms with van der Waals surface area (Å²) in [7, 11) is 0. The molecule has 1 fully saturated rings. The maximum atomic E-state index is 11.8. The van der Waals surface area contributed by atoms with Crippen molar-refractivity contribution in [2.75, 3.05) is 19.7 Å². The van der Waals surface area contributed by atoms with E-state index in [0.717, 1.165) is 45.2 Å². The molecular weight excluding hydrogens is 240 g/mol.